The van der Waals surface area contributed by atoms with Crippen molar-refractivity contribution in [1.82, 2.24) is 10.2 Å². The third-order valence-corrected chi connectivity index (χ3v) is 5.02. The van der Waals surface area contributed by atoms with Gasteiger partial charge in [0.2, 0.25) is 5.91 Å². The average Bonchev–Trinajstić information content (AvgIpc) is 2.66. The van der Waals surface area contributed by atoms with E-state index in [9.17, 15) is 14.0 Å². The van der Waals surface area contributed by atoms with Crippen LogP contribution in [0, 0.1) is 11.7 Å². The molecule has 0 saturated heterocycles. The van der Waals surface area contributed by atoms with E-state index in [1.165, 1.54) is 29.2 Å². The molecule has 2 amide bonds. The van der Waals surface area contributed by atoms with E-state index >= 15 is 0 Å². The number of likely N-dealkylation sites (N-methyl/N-ethyl adjacent to an activating group) is 1. The fourth-order valence-electron chi connectivity index (χ4n) is 2.66. The molecule has 6 heteroatoms. The zero-order valence-corrected chi connectivity index (χ0v) is 16.8. The Morgan fingerprint density at radius 3 is 2.19 bits per heavy atom. The molecular weight excluding hydrogens is 363 g/mol. The number of carbonyl (C=O) groups is 2. The number of carbonyl (C=O) groups excluding carboxylic acids is 2. The first kappa shape index (κ1) is 21.0. The van der Waals surface area contributed by atoms with E-state index < -0.39 is 11.9 Å². The number of nitrogens with one attached hydrogen (secondary N) is 1. The molecule has 0 bridgehead atoms. The zero-order chi connectivity index (χ0) is 20.0. The van der Waals surface area contributed by atoms with E-state index in [0.717, 1.165) is 5.56 Å². The van der Waals surface area contributed by atoms with E-state index in [1.807, 2.05) is 44.4 Å². The molecule has 0 spiro atoms. The average molecular weight is 389 g/mol. The normalized spacial score (nSPS) is 11.9. The smallest absolute Gasteiger partial charge is 0.251 e. The fourth-order valence-corrected chi connectivity index (χ4v) is 3.07. The van der Waals surface area contributed by atoms with Gasteiger partial charge in [-0.1, -0.05) is 26.0 Å². The molecular formula is C21H25FN2O2S. The zero-order valence-electron chi connectivity index (χ0n) is 16.0. The van der Waals surface area contributed by atoms with Crippen molar-refractivity contribution in [2.24, 2.45) is 5.92 Å². The van der Waals surface area contributed by atoms with Crippen molar-refractivity contribution in [2.75, 3.05) is 13.3 Å². The molecule has 144 valence electrons. The number of hydrogen-bond acceptors (Lipinski definition) is 3. The summed E-state index contributed by atoms with van der Waals surface area (Å²) >= 11 is 1.67. The van der Waals surface area contributed by atoms with Crippen LogP contribution in [0.1, 0.15) is 29.8 Å². The molecule has 2 aromatic carbocycles. The summed E-state index contributed by atoms with van der Waals surface area (Å²) in [6, 6.07) is 12.7. The number of benzene rings is 2. The predicted molar refractivity (Wildman–Crippen MR) is 107 cm³/mol. The summed E-state index contributed by atoms with van der Waals surface area (Å²) in [6.45, 7) is 4.23. The highest BCUT2D eigenvalue weighted by Crippen LogP contribution is 2.16. The Morgan fingerprint density at radius 2 is 1.67 bits per heavy atom. The summed E-state index contributed by atoms with van der Waals surface area (Å²) in [5.74, 6) is -1.03. The van der Waals surface area contributed by atoms with Crippen molar-refractivity contribution in [3.8, 4) is 0 Å². The number of thioether (sulfide) groups is 1. The van der Waals surface area contributed by atoms with Gasteiger partial charge < -0.3 is 10.2 Å². The minimum atomic E-state index is -0.655. The van der Waals surface area contributed by atoms with Gasteiger partial charge in [-0.3, -0.25) is 9.59 Å². The molecule has 0 radical (unpaired) electrons. The Labute approximate surface area is 164 Å². The monoisotopic (exact) mass is 388 g/mol. The lowest BCUT2D eigenvalue weighted by molar-refractivity contribution is -0.133. The number of amides is 2. The topological polar surface area (TPSA) is 49.4 Å². The van der Waals surface area contributed by atoms with Gasteiger partial charge in [0.25, 0.3) is 5.91 Å². The maximum Gasteiger partial charge on any atom is 0.251 e. The van der Waals surface area contributed by atoms with Crippen LogP contribution in [0.25, 0.3) is 0 Å². The predicted octanol–water partition coefficient (Wildman–Crippen LogP) is 3.96. The Kier molecular flexibility index (Phi) is 7.42. The van der Waals surface area contributed by atoms with E-state index in [4.69, 9.17) is 0 Å². The van der Waals surface area contributed by atoms with Gasteiger partial charge in [0.1, 0.15) is 11.9 Å². The molecule has 27 heavy (non-hydrogen) atoms. The van der Waals surface area contributed by atoms with Crippen LogP contribution in [0.2, 0.25) is 0 Å². The van der Waals surface area contributed by atoms with Crippen LogP contribution < -0.4 is 5.32 Å². The summed E-state index contributed by atoms with van der Waals surface area (Å²) in [5.41, 5.74) is 1.35. The summed E-state index contributed by atoms with van der Waals surface area (Å²) in [4.78, 5) is 28.1. The first-order chi connectivity index (χ1) is 12.8. The highest BCUT2D eigenvalue weighted by Gasteiger charge is 2.27. The van der Waals surface area contributed by atoms with Gasteiger partial charge >= 0.3 is 0 Å². The SMILES string of the molecule is CSc1ccc(CN(C)C(=O)C(NC(=O)c2ccc(F)cc2)C(C)C)cc1. The van der Waals surface area contributed by atoms with E-state index in [-0.39, 0.29) is 17.7 Å². The summed E-state index contributed by atoms with van der Waals surface area (Å²) < 4.78 is 13.0. The standard InChI is InChI=1S/C21H25FN2O2S/c1-14(2)19(23-20(25)16-7-9-17(22)10-8-16)21(26)24(3)13-15-5-11-18(27-4)12-6-15/h5-12,14,19H,13H2,1-4H3,(H,23,25). The van der Waals surface area contributed by atoms with Gasteiger partial charge in [0.15, 0.2) is 0 Å². The first-order valence-electron chi connectivity index (χ1n) is 8.76. The molecule has 2 aromatic rings. The third kappa shape index (κ3) is 5.82. The van der Waals surface area contributed by atoms with Gasteiger partial charge in [-0.15, -0.1) is 11.8 Å². The lowest BCUT2D eigenvalue weighted by atomic mass is 10.0. The van der Waals surface area contributed by atoms with Crippen molar-refractivity contribution in [3.05, 3.63) is 65.5 Å². The van der Waals surface area contributed by atoms with E-state index in [1.54, 1.807) is 23.7 Å². The Morgan fingerprint density at radius 1 is 1.07 bits per heavy atom. The second kappa shape index (κ2) is 9.55. The highest BCUT2D eigenvalue weighted by atomic mass is 32.2. The third-order valence-electron chi connectivity index (χ3n) is 4.28. The van der Waals surface area contributed by atoms with E-state index in [2.05, 4.69) is 5.32 Å². The van der Waals surface area contributed by atoms with Crippen molar-refractivity contribution >= 4 is 23.6 Å². The Balaban J connectivity index is 2.06. The molecule has 1 unspecified atom stereocenters. The Hall–Kier alpha value is -2.34. The number of rotatable bonds is 7. The van der Waals surface area contributed by atoms with Crippen LogP contribution >= 0.6 is 11.8 Å². The van der Waals surface area contributed by atoms with Crippen LogP contribution in [-0.4, -0.2) is 36.1 Å². The molecule has 0 fully saturated rings. The maximum absolute atomic E-state index is 13.0. The van der Waals surface area contributed by atoms with Gasteiger partial charge in [-0.2, -0.15) is 0 Å². The molecule has 0 heterocycles. The second-order valence-corrected chi connectivity index (χ2v) is 7.62. The van der Waals surface area contributed by atoms with Crippen molar-refractivity contribution in [1.29, 1.82) is 0 Å². The summed E-state index contributed by atoms with van der Waals surface area (Å²) in [5, 5.41) is 2.78. The number of hydrogen-bond donors (Lipinski definition) is 1. The summed E-state index contributed by atoms with van der Waals surface area (Å²) in [6.07, 6.45) is 2.02. The minimum absolute atomic E-state index is 0.0804. The lowest BCUT2D eigenvalue weighted by Gasteiger charge is -2.27. The Bertz CT molecular complexity index is 776. The lowest BCUT2D eigenvalue weighted by Crippen LogP contribution is -2.50. The van der Waals surface area contributed by atoms with Crippen LogP contribution in [-0.2, 0) is 11.3 Å². The maximum atomic E-state index is 13.0. The molecule has 0 aliphatic rings. The molecule has 1 N–H and O–H groups in total. The number of halogens is 1. The quantitative estimate of drug-likeness (QED) is 0.731. The van der Waals surface area contributed by atoms with Gasteiger partial charge in [-0.25, -0.2) is 4.39 Å². The highest BCUT2D eigenvalue weighted by molar-refractivity contribution is 7.98. The summed E-state index contributed by atoms with van der Waals surface area (Å²) in [7, 11) is 1.73. The van der Waals surface area contributed by atoms with Gasteiger partial charge in [-0.05, 0) is 54.1 Å². The molecule has 4 nitrogen and oxygen atoms in total. The fraction of sp³-hybridized carbons (Fsp3) is 0.333. The minimum Gasteiger partial charge on any atom is -0.340 e. The number of nitrogens with zero attached hydrogens (tertiary/aromatic N) is 1. The van der Waals surface area contributed by atoms with Crippen LogP contribution in [0.4, 0.5) is 4.39 Å². The van der Waals surface area contributed by atoms with Gasteiger partial charge in [0.05, 0.1) is 0 Å². The largest absolute Gasteiger partial charge is 0.340 e. The molecule has 1 atom stereocenters. The molecule has 0 aromatic heterocycles. The van der Waals surface area contributed by atoms with Gasteiger partial charge in [0, 0.05) is 24.1 Å². The first-order valence-corrected chi connectivity index (χ1v) is 9.98. The molecule has 2 rings (SSSR count). The molecule has 0 aliphatic heterocycles. The van der Waals surface area contributed by atoms with Crippen LogP contribution in [0.3, 0.4) is 0 Å². The van der Waals surface area contributed by atoms with Crippen molar-refractivity contribution in [2.45, 2.75) is 31.3 Å². The molecule has 0 saturated carbocycles. The van der Waals surface area contributed by atoms with Crippen LogP contribution in [0.5, 0.6) is 0 Å². The molecule has 0 aliphatic carbocycles. The van der Waals surface area contributed by atoms with Crippen LogP contribution in [0.15, 0.2) is 53.4 Å². The van der Waals surface area contributed by atoms with E-state index in [0.29, 0.717) is 12.1 Å². The van der Waals surface area contributed by atoms with Crippen molar-refractivity contribution < 1.29 is 14.0 Å². The second-order valence-electron chi connectivity index (χ2n) is 6.74. The van der Waals surface area contributed by atoms with Crippen molar-refractivity contribution in [3.63, 3.8) is 0 Å².